The number of benzene rings is 7. The summed E-state index contributed by atoms with van der Waals surface area (Å²) in [6, 6.07) is 53.9. The highest BCUT2D eigenvalue weighted by molar-refractivity contribution is 6.00. The molecular weight excluding hydrogens is 749 g/mol. The fraction of sp³-hybridized carbons (Fsp3) is 0.300. The fourth-order valence-electron chi connectivity index (χ4n) is 9.21. The molecule has 2 heteroatoms. The van der Waals surface area contributed by atoms with Gasteiger partial charge in [0.15, 0.2) is 5.82 Å². The molecule has 0 radical (unpaired) electrons. The Hall–Kier alpha value is -5.86. The highest BCUT2D eigenvalue weighted by Gasteiger charge is 2.18. The first-order chi connectivity index (χ1) is 30.4. The molecule has 0 fully saturated rings. The molecule has 0 unspecified atom stereocenters. The number of unbranched alkanes of at least 4 members (excludes halogenated alkanes) is 10. The average molecular weight is 813 g/mol. The highest BCUT2D eigenvalue weighted by atomic mass is 14.9. The normalized spacial score (nSPS) is 11.5. The first-order valence-electron chi connectivity index (χ1n) is 23.7. The van der Waals surface area contributed by atoms with E-state index in [2.05, 4.69) is 173 Å². The molecule has 0 aliphatic carbocycles. The zero-order valence-corrected chi connectivity index (χ0v) is 37.7. The molecule has 2 nitrogen and oxygen atoms in total. The maximum Gasteiger partial charge on any atom is 0.160 e. The van der Waals surface area contributed by atoms with Gasteiger partial charge in [-0.25, -0.2) is 9.97 Å². The summed E-state index contributed by atoms with van der Waals surface area (Å²) in [7, 11) is 0. The maximum absolute atomic E-state index is 5.60. The molecule has 314 valence electrons. The minimum Gasteiger partial charge on any atom is -0.228 e. The molecule has 0 spiro atoms. The molecule has 0 saturated heterocycles. The van der Waals surface area contributed by atoms with E-state index >= 15 is 0 Å². The summed E-state index contributed by atoms with van der Waals surface area (Å²) in [5.41, 5.74) is 15.6. The summed E-state index contributed by atoms with van der Waals surface area (Å²) >= 11 is 0. The van der Waals surface area contributed by atoms with Gasteiger partial charge in [-0.2, -0.15) is 0 Å². The summed E-state index contributed by atoms with van der Waals surface area (Å²) in [5, 5.41) is 4.99. The third-order valence-corrected chi connectivity index (χ3v) is 12.8. The molecule has 0 aliphatic heterocycles. The van der Waals surface area contributed by atoms with Gasteiger partial charge in [0.1, 0.15) is 0 Å². The molecule has 0 aliphatic rings. The van der Waals surface area contributed by atoms with E-state index in [9.17, 15) is 0 Å². The van der Waals surface area contributed by atoms with Gasteiger partial charge in [0.2, 0.25) is 0 Å². The van der Waals surface area contributed by atoms with Gasteiger partial charge >= 0.3 is 0 Å². The minimum absolute atomic E-state index is 0.755. The third-order valence-electron chi connectivity index (χ3n) is 12.8. The second-order valence-electron chi connectivity index (χ2n) is 17.7. The van der Waals surface area contributed by atoms with E-state index < -0.39 is 0 Å². The van der Waals surface area contributed by atoms with E-state index in [1.165, 1.54) is 138 Å². The average Bonchev–Trinajstić information content (AvgIpc) is 3.31. The lowest BCUT2D eigenvalue weighted by atomic mass is 9.90. The van der Waals surface area contributed by atoms with Crippen molar-refractivity contribution in [3.63, 3.8) is 0 Å². The van der Waals surface area contributed by atoms with Crippen molar-refractivity contribution in [2.75, 3.05) is 0 Å². The highest BCUT2D eigenvalue weighted by Crippen LogP contribution is 2.37. The first-order valence-corrected chi connectivity index (χ1v) is 23.7. The van der Waals surface area contributed by atoms with Gasteiger partial charge in [-0.1, -0.05) is 181 Å². The SMILES string of the molecule is CCCCCCCCc1cc(-c2cc(-c3ccc4cc5cc(C)ccc5cc4c3)nc(-c3cc(-c4ccccc4)cc(-c4ccccc4)c3)n2)c(CCCCCCCC)cc1C. The Morgan fingerprint density at radius 3 is 1.52 bits per heavy atom. The third kappa shape index (κ3) is 10.6. The standard InChI is InChI=1S/C60H64N2/c1-5-7-9-11-13-17-27-47-41-57(50(34-44(47)4)28-18-14-12-10-8-6-2)59-42-58(51-32-31-49-35-52-33-43(3)29-30-48(52)36-55(49)37-51)61-60(62-59)56-39-53(45-23-19-15-20-24-45)38-54(40-56)46-25-21-16-22-26-46/h15-16,19-26,29-42H,5-14,17-18,27-28H2,1-4H3. The zero-order valence-electron chi connectivity index (χ0n) is 37.7. The van der Waals surface area contributed by atoms with Crippen molar-refractivity contribution in [2.45, 2.75) is 118 Å². The second-order valence-corrected chi connectivity index (χ2v) is 17.7. The van der Waals surface area contributed by atoms with Crippen LogP contribution < -0.4 is 0 Å². The van der Waals surface area contributed by atoms with Crippen LogP contribution in [-0.2, 0) is 12.8 Å². The minimum atomic E-state index is 0.755. The van der Waals surface area contributed by atoms with E-state index in [0.717, 1.165) is 52.3 Å². The fourth-order valence-corrected chi connectivity index (χ4v) is 9.21. The molecule has 0 amide bonds. The van der Waals surface area contributed by atoms with Gasteiger partial charge in [0.25, 0.3) is 0 Å². The number of nitrogens with zero attached hydrogens (tertiary/aromatic N) is 2. The number of fused-ring (bicyclic) bond motifs is 2. The Bertz CT molecular complexity index is 2670. The Morgan fingerprint density at radius 2 is 0.887 bits per heavy atom. The Morgan fingerprint density at radius 1 is 0.355 bits per heavy atom. The summed E-state index contributed by atoms with van der Waals surface area (Å²) in [6.07, 6.45) is 17.6. The largest absolute Gasteiger partial charge is 0.228 e. The van der Waals surface area contributed by atoms with E-state index in [0.29, 0.717) is 0 Å². The van der Waals surface area contributed by atoms with E-state index in [-0.39, 0.29) is 0 Å². The van der Waals surface area contributed by atoms with Crippen molar-refractivity contribution in [3.05, 3.63) is 168 Å². The van der Waals surface area contributed by atoms with Crippen LogP contribution in [0, 0.1) is 13.8 Å². The number of aryl methyl sites for hydroxylation is 4. The molecule has 0 saturated carbocycles. The lowest BCUT2D eigenvalue weighted by Crippen LogP contribution is -2.02. The molecule has 62 heavy (non-hydrogen) atoms. The molecule has 8 rings (SSSR count). The van der Waals surface area contributed by atoms with Crippen LogP contribution in [0.15, 0.2) is 146 Å². The van der Waals surface area contributed by atoms with Gasteiger partial charge in [0.05, 0.1) is 11.4 Å². The molecule has 8 aromatic rings. The summed E-state index contributed by atoms with van der Waals surface area (Å²) < 4.78 is 0. The van der Waals surface area contributed by atoms with Gasteiger partial charge in [0, 0.05) is 16.7 Å². The van der Waals surface area contributed by atoms with E-state index in [1.54, 1.807) is 0 Å². The molecule has 1 heterocycles. The van der Waals surface area contributed by atoms with Crippen LogP contribution in [0.2, 0.25) is 0 Å². The Balaban J connectivity index is 1.29. The topological polar surface area (TPSA) is 25.8 Å². The lowest BCUT2D eigenvalue weighted by molar-refractivity contribution is 0.605. The van der Waals surface area contributed by atoms with Crippen molar-refractivity contribution in [1.82, 2.24) is 9.97 Å². The van der Waals surface area contributed by atoms with Crippen LogP contribution in [0.4, 0.5) is 0 Å². The molecule has 0 N–H and O–H groups in total. The first kappa shape index (κ1) is 42.8. The summed E-state index contributed by atoms with van der Waals surface area (Å²) in [4.78, 5) is 11.1. The number of hydrogen-bond acceptors (Lipinski definition) is 2. The molecule has 0 atom stereocenters. The number of hydrogen-bond donors (Lipinski definition) is 0. The quantitative estimate of drug-likeness (QED) is 0.0600. The Kier molecular flexibility index (Phi) is 14.4. The van der Waals surface area contributed by atoms with Crippen molar-refractivity contribution in [1.29, 1.82) is 0 Å². The maximum atomic E-state index is 5.60. The Labute approximate surface area is 371 Å². The van der Waals surface area contributed by atoms with E-state index in [4.69, 9.17) is 9.97 Å². The lowest BCUT2D eigenvalue weighted by Gasteiger charge is -2.17. The van der Waals surface area contributed by atoms with Crippen LogP contribution >= 0.6 is 0 Å². The van der Waals surface area contributed by atoms with Gasteiger partial charge in [-0.05, 0) is 149 Å². The van der Waals surface area contributed by atoms with Crippen molar-refractivity contribution in [2.24, 2.45) is 0 Å². The predicted molar refractivity (Wildman–Crippen MR) is 268 cm³/mol. The predicted octanol–water partition coefficient (Wildman–Crippen LogP) is 17.5. The second kappa shape index (κ2) is 20.8. The van der Waals surface area contributed by atoms with Crippen LogP contribution in [0.1, 0.15) is 113 Å². The van der Waals surface area contributed by atoms with Crippen LogP contribution in [0.5, 0.6) is 0 Å². The zero-order chi connectivity index (χ0) is 42.7. The van der Waals surface area contributed by atoms with Crippen LogP contribution in [0.25, 0.3) is 77.7 Å². The molecule has 7 aromatic carbocycles. The van der Waals surface area contributed by atoms with Gasteiger partial charge in [-0.3, -0.25) is 0 Å². The van der Waals surface area contributed by atoms with Crippen LogP contribution in [-0.4, -0.2) is 9.97 Å². The van der Waals surface area contributed by atoms with E-state index in [1.807, 2.05) is 0 Å². The van der Waals surface area contributed by atoms with Crippen molar-refractivity contribution < 1.29 is 0 Å². The molecular formula is C60H64N2. The van der Waals surface area contributed by atoms with Crippen LogP contribution in [0.3, 0.4) is 0 Å². The van der Waals surface area contributed by atoms with Crippen molar-refractivity contribution in [3.8, 4) is 56.2 Å². The number of aromatic nitrogens is 2. The monoisotopic (exact) mass is 813 g/mol. The molecule has 0 bridgehead atoms. The molecule has 1 aromatic heterocycles. The smallest absolute Gasteiger partial charge is 0.160 e. The summed E-state index contributed by atoms with van der Waals surface area (Å²) in [5.74, 6) is 0.755. The summed E-state index contributed by atoms with van der Waals surface area (Å²) in [6.45, 7) is 9.09. The van der Waals surface area contributed by atoms with Gasteiger partial charge < -0.3 is 0 Å². The van der Waals surface area contributed by atoms with Crippen molar-refractivity contribution >= 4 is 21.5 Å². The number of rotatable bonds is 19. The van der Waals surface area contributed by atoms with Gasteiger partial charge in [-0.15, -0.1) is 0 Å².